The van der Waals surface area contributed by atoms with E-state index < -0.39 is 0 Å². The first-order chi connectivity index (χ1) is 6.97. The lowest BCUT2D eigenvalue weighted by molar-refractivity contribution is 0.543. The van der Waals surface area contributed by atoms with Crippen molar-refractivity contribution in [1.29, 1.82) is 0 Å². The van der Waals surface area contributed by atoms with Crippen molar-refractivity contribution in [2.75, 3.05) is 5.73 Å². The highest BCUT2D eigenvalue weighted by atomic mass is 15.3. The van der Waals surface area contributed by atoms with Crippen molar-refractivity contribution < 1.29 is 0 Å². The Kier molecular flexibility index (Phi) is 3.77. The Labute approximate surface area is 92.7 Å². The van der Waals surface area contributed by atoms with Crippen LogP contribution in [-0.4, -0.2) is 9.78 Å². The van der Waals surface area contributed by atoms with Gasteiger partial charge in [0.05, 0.1) is 5.69 Å². The van der Waals surface area contributed by atoms with E-state index in [0.29, 0.717) is 11.8 Å². The van der Waals surface area contributed by atoms with Gasteiger partial charge in [-0.2, -0.15) is 5.10 Å². The van der Waals surface area contributed by atoms with Crippen LogP contribution in [0.2, 0.25) is 0 Å². The van der Waals surface area contributed by atoms with Gasteiger partial charge in [0.25, 0.3) is 0 Å². The first-order valence-electron chi connectivity index (χ1n) is 5.78. The Morgan fingerprint density at radius 1 is 1.33 bits per heavy atom. The van der Waals surface area contributed by atoms with Crippen LogP contribution in [0.5, 0.6) is 0 Å². The maximum absolute atomic E-state index is 6.02. The first-order valence-corrected chi connectivity index (χ1v) is 5.78. The monoisotopic (exact) mass is 209 g/mol. The Morgan fingerprint density at radius 2 is 1.93 bits per heavy atom. The summed E-state index contributed by atoms with van der Waals surface area (Å²) in [6.45, 7) is 8.82. The number of aromatic nitrogens is 2. The van der Waals surface area contributed by atoms with Crippen LogP contribution in [0.15, 0.2) is 0 Å². The molecule has 0 saturated heterocycles. The molecule has 0 fully saturated rings. The Balaban J connectivity index is 3.01. The lowest BCUT2D eigenvalue weighted by Gasteiger charge is -2.10. The van der Waals surface area contributed by atoms with Crippen LogP contribution in [0.1, 0.15) is 51.3 Å². The minimum Gasteiger partial charge on any atom is -0.384 e. The molecule has 1 aromatic heterocycles. The van der Waals surface area contributed by atoms with Gasteiger partial charge < -0.3 is 5.73 Å². The average molecular weight is 209 g/mol. The standard InChI is InChI=1S/C12H23N3/c1-6-9(4)7-10-11(8(2)3)12(13)15(5)14-10/h8-9H,6-7,13H2,1-5H3. The van der Waals surface area contributed by atoms with Crippen LogP contribution in [-0.2, 0) is 13.5 Å². The molecule has 0 spiro atoms. The van der Waals surface area contributed by atoms with E-state index in [1.54, 1.807) is 4.68 Å². The molecule has 2 N–H and O–H groups in total. The van der Waals surface area contributed by atoms with Crippen molar-refractivity contribution in [3.63, 3.8) is 0 Å². The van der Waals surface area contributed by atoms with Gasteiger partial charge in [-0.05, 0) is 18.3 Å². The van der Waals surface area contributed by atoms with Crippen molar-refractivity contribution in [3.05, 3.63) is 11.3 Å². The average Bonchev–Trinajstić information content (AvgIpc) is 2.42. The summed E-state index contributed by atoms with van der Waals surface area (Å²) in [5.41, 5.74) is 8.44. The molecular weight excluding hydrogens is 186 g/mol. The van der Waals surface area contributed by atoms with Crippen LogP contribution in [0.4, 0.5) is 5.82 Å². The van der Waals surface area contributed by atoms with Crippen molar-refractivity contribution in [2.45, 2.75) is 46.5 Å². The molecule has 0 amide bonds. The molecule has 1 unspecified atom stereocenters. The summed E-state index contributed by atoms with van der Waals surface area (Å²) >= 11 is 0. The fourth-order valence-electron chi connectivity index (χ4n) is 1.87. The van der Waals surface area contributed by atoms with Gasteiger partial charge in [-0.15, -0.1) is 0 Å². The molecule has 1 heterocycles. The van der Waals surface area contributed by atoms with Gasteiger partial charge in [0.15, 0.2) is 0 Å². The highest BCUT2D eigenvalue weighted by Crippen LogP contribution is 2.27. The third-order valence-electron chi connectivity index (χ3n) is 3.02. The number of anilines is 1. The summed E-state index contributed by atoms with van der Waals surface area (Å²) in [4.78, 5) is 0. The summed E-state index contributed by atoms with van der Waals surface area (Å²) in [6, 6.07) is 0. The summed E-state index contributed by atoms with van der Waals surface area (Å²) < 4.78 is 1.80. The minimum atomic E-state index is 0.456. The SMILES string of the molecule is CCC(C)Cc1nn(C)c(N)c1C(C)C. The molecule has 3 nitrogen and oxygen atoms in total. The molecule has 0 aromatic carbocycles. The van der Waals surface area contributed by atoms with Crippen LogP contribution in [0, 0.1) is 5.92 Å². The highest BCUT2D eigenvalue weighted by Gasteiger charge is 2.17. The first kappa shape index (κ1) is 12.1. The number of rotatable bonds is 4. The van der Waals surface area contributed by atoms with Crippen molar-refractivity contribution in [2.24, 2.45) is 13.0 Å². The lowest BCUT2D eigenvalue weighted by Crippen LogP contribution is -2.03. The van der Waals surface area contributed by atoms with E-state index in [1.807, 2.05) is 7.05 Å². The molecule has 86 valence electrons. The predicted octanol–water partition coefficient (Wildman–Crippen LogP) is 2.71. The number of hydrogen-bond acceptors (Lipinski definition) is 2. The predicted molar refractivity (Wildman–Crippen MR) is 64.9 cm³/mol. The van der Waals surface area contributed by atoms with E-state index in [2.05, 4.69) is 32.8 Å². The molecule has 0 aliphatic carbocycles. The van der Waals surface area contributed by atoms with Gasteiger partial charge in [0, 0.05) is 12.6 Å². The van der Waals surface area contributed by atoms with Gasteiger partial charge in [-0.1, -0.05) is 34.1 Å². The molecule has 15 heavy (non-hydrogen) atoms. The highest BCUT2D eigenvalue weighted by molar-refractivity contribution is 5.45. The van der Waals surface area contributed by atoms with E-state index in [0.717, 1.165) is 12.2 Å². The zero-order chi connectivity index (χ0) is 11.6. The van der Waals surface area contributed by atoms with Crippen LogP contribution >= 0.6 is 0 Å². The normalized spacial score (nSPS) is 13.5. The van der Waals surface area contributed by atoms with E-state index in [9.17, 15) is 0 Å². The Bertz CT molecular complexity index is 326. The molecule has 0 bridgehead atoms. The molecule has 0 aliphatic rings. The number of aryl methyl sites for hydroxylation is 1. The third-order valence-corrected chi connectivity index (χ3v) is 3.02. The molecule has 0 saturated carbocycles. The van der Waals surface area contributed by atoms with Crippen LogP contribution in [0.25, 0.3) is 0 Å². The maximum atomic E-state index is 6.02. The number of nitrogens with zero attached hydrogens (tertiary/aromatic N) is 2. The summed E-state index contributed by atoms with van der Waals surface area (Å²) in [6.07, 6.45) is 2.23. The van der Waals surface area contributed by atoms with Gasteiger partial charge in [0.1, 0.15) is 5.82 Å². The topological polar surface area (TPSA) is 43.8 Å². The lowest BCUT2D eigenvalue weighted by atomic mass is 9.95. The van der Waals surface area contributed by atoms with Crippen molar-refractivity contribution >= 4 is 5.82 Å². The van der Waals surface area contributed by atoms with Gasteiger partial charge in [0.2, 0.25) is 0 Å². The van der Waals surface area contributed by atoms with Crippen LogP contribution < -0.4 is 5.73 Å². The van der Waals surface area contributed by atoms with E-state index >= 15 is 0 Å². The molecule has 0 radical (unpaired) electrons. The summed E-state index contributed by atoms with van der Waals surface area (Å²) in [7, 11) is 1.92. The molecule has 1 atom stereocenters. The smallest absolute Gasteiger partial charge is 0.125 e. The van der Waals surface area contributed by atoms with Gasteiger partial charge >= 0.3 is 0 Å². The van der Waals surface area contributed by atoms with E-state index in [1.165, 1.54) is 17.7 Å². The molecule has 0 aliphatic heterocycles. The van der Waals surface area contributed by atoms with E-state index in [-0.39, 0.29) is 0 Å². The zero-order valence-electron chi connectivity index (χ0n) is 10.5. The van der Waals surface area contributed by atoms with E-state index in [4.69, 9.17) is 5.73 Å². The second kappa shape index (κ2) is 4.69. The third kappa shape index (κ3) is 2.52. The largest absolute Gasteiger partial charge is 0.384 e. The number of hydrogen-bond donors (Lipinski definition) is 1. The summed E-state index contributed by atoms with van der Waals surface area (Å²) in [5.74, 6) is 1.96. The fraction of sp³-hybridized carbons (Fsp3) is 0.750. The molecule has 1 rings (SSSR count). The summed E-state index contributed by atoms with van der Waals surface area (Å²) in [5, 5.41) is 4.51. The molecular formula is C12H23N3. The Morgan fingerprint density at radius 3 is 2.40 bits per heavy atom. The van der Waals surface area contributed by atoms with Gasteiger partial charge in [-0.3, -0.25) is 4.68 Å². The fourth-order valence-corrected chi connectivity index (χ4v) is 1.87. The molecule has 3 heteroatoms. The second-order valence-corrected chi connectivity index (χ2v) is 4.74. The molecule has 1 aromatic rings. The quantitative estimate of drug-likeness (QED) is 0.828. The second-order valence-electron chi connectivity index (χ2n) is 4.74. The van der Waals surface area contributed by atoms with Gasteiger partial charge in [-0.25, -0.2) is 0 Å². The maximum Gasteiger partial charge on any atom is 0.125 e. The zero-order valence-corrected chi connectivity index (χ0v) is 10.5. The van der Waals surface area contributed by atoms with Crippen molar-refractivity contribution in [3.8, 4) is 0 Å². The number of nitrogens with two attached hydrogens (primary N) is 1. The van der Waals surface area contributed by atoms with Crippen LogP contribution in [0.3, 0.4) is 0 Å². The van der Waals surface area contributed by atoms with Crippen molar-refractivity contribution in [1.82, 2.24) is 9.78 Å². The number of nitrogen functional groups attached to an aromatic ring is 1. The Hall–Kier alpha value is -0.990. The minimum absolute atomic E-state index is 0.456.